The Labute approximate surface area is 357 Å². The van der Waals surface area contributed by atoms with Crippen molar-refractivity contribution in [3.05, 3.63) is 224 Å². The molecule has 12 aromatic rings. The summed E-state index contributed by atoms with van der Waals surface area (Å²) in [6.07, 6.45) is 0. The lowest BCUT2D eigenvalue weighted by Crippen LogP contribution is -2.11. The monoisotopic (exact) mass is 795 g/mol. The van der Waals surface area contributed by atoms with E-state index in [1.807, 2.05) is 23.5 Å². The molecular weight excluding hydrogens is 759 g/mol. The fourth-order valence-electron chi connectivity index (χ4n) is 9.09. The Morgan fingerprint density at radius 2 is 0.869 bits per heavy atom. The summed E-state index contributed by atoms with van der Waals surface area (Å²) in [6, 6.07) is 81.3. The highest BCUT2D eigenvalue weighted by atomic mass is 32.1. The van der Waals surface area contributed by atoms with Crippen LogP contribution in [0.1, 0.15) is 0 Å². The number of anilines is 3. The molecule has 0 aliphatic carbocycles. The molecule has 0 aliphatic heterocycles. The standard InChI is InChI=1S/C58H37NOS/c1-2-15-47-40(11-1)12-10-19-48(47)43-14-9-13-41(35-43)38-23-29-45(30-24-38)59(46-31-25-39(26-32-46)42-27-33-51-50-17-4-7-21-55(50)60-56(51)37-42)54-20-6-3-16-49(54)44-28-34-58-53(36-44)52-18-5-8-22-57(52)61-58/h1-37H. The molecule has 2 aromatic heterocycles. The van der Waals surface area contributed by atoms with Gasteiger partial charge in [-0.25, -0.2) is 0 Å². The van der Waals surface area contributed by atoms with E-state index in [-0.39, 0.29) is 0 Å². The number of thiophene rings is 1. The zero-order valence-corrected chi connectivity index (χ0v) is 33.9. The van der Waals surface area contributed by atoms with E-state index in [2.05, 4.69) is 217 Å². The lowest BCUT2D eigenvalue weighted by Gasteiger charge is -2.28. The fourth-order valence-corrected chi connectivity index (χ4v) is 10.2. The van der Waals surface area contributed by atoms with E-state index in [0.717, 1.165) is 50.1 Å². The maximum atomic E-state index is 6.27. The number of para-hydroxylation sites is 2. The molecule has 0 aliphatic rings. The smallest absolute Gasteiger partial charge is 0.136 e. The van der Waals surface area contributed by atoms with Crippen LogP contribution in [-0.2, 0) is 0 Å². The minimum atomic E-state index is 0.899. The maximum absolute atomic E-state index is 6.27. The summed E-state index contributed by atoms with van der Waals surface area (Å²) in [5.41, 5.74) is 14.5. The molecule has 0 spiro atoms. The van der Waals surface area contributed by atoms with Crippen LogP contribution in [0, 0.1) is 0 Å². The van der Waals surface area contributed by atoms with Gasteiger partial charge in [-0.2, -0.15) is 0 Å². The molecule has 0 fully saturated rings. The molecule has 3 heteroatoms. The van der Waals surface area contributed by atoms with Gasteiger partial charge in [0.2, 0.25) is 0 Å². The van der Waals surface area contributed by atoms with Gasteiger partial charge in [-0.05, 0) is 123 Å². The van der Waals surface area contributed by atoms with Crippen molar-refractivity contribution in [2.24, 2.45) is 0 Å². The summed E-state index contributed by atoms with van der Waals surface area (Å²) in [7, 11) is 0. The molecule has 61 heavy (non-hydrogen) atoms. The van der Waals surface area contributed by atoms with Gasteiger partial charge in [-0.1, -0.05) is 152 Å². The van der Waals surface area contributed by atoms with Gasteiger partial charge in [0.25, 0.3) is 0 Å². The van der Waals surface area contributed by atoms with Gasteiger partial charge < -0.3 is 9.32 Å². The molecule has 12 rings (SSSR count). The highest BCUT2D eigenvalue weighted by Crippen LogP contribution is 2.44. The van der Waals surface area contributed by atoms with E-state index in [9.17, 15) is 0 Å². The molecule has 0 unspecified atom stereocenters. The Morgan fingerprint density at radius 3 is 1.70 bits per heavy atom. The number of nitrogens with zero attached hydrogens (tertiary/aromatic N) is 1. The summed E-state index contributed by atoms with van der Waals surface area (Å²) in [5.74, 6) is 0. The first-order valence-corrected chi connectivity index (χ1v) is 21.5. The average Bonchev–Trinajstić information content (AvgIpc) is 3.90. The molecule has 2 heterocycles. The first-order valence-electron chi connectivity index (χ1n) is 20.7. The highest BCUT2D eigenvalue weighted by Gasteiger charge is 2.19. The first kappa shape index (κ1) is 35.2. The molecule has 0 bridgehead atoms. The third-order valence-corrected chi connectivity index (χ3v) is 13.2. The number of furan rings is 1. The number of benzene rings is 10. The lowest BCUT2D eigenvalue weighted by atomic mass is 9.95. The lowest BCUT2D eigenvalue weighted by molar-refractivity contribution is 0.669. The van der Waals surface area contributed by atoms with Crippen LogP contribution in [-0.4, -0.2) is 0 Å². The second-order valence-corrected chi connectivity index (χ2v) is 16.8. The van der Waals surface area contributed by atoms with Gasteiger partial charge in [0.05, 0.1) is 5.69 Å². The predicted molar refractivity (Wildman–Crippen MR) is 261 cm³/mol. The highest BCUT2D eigenvalue weighted by molar-refractivity contribution is 7.25. The van der Waals surface area contributed by atoms with Crippen LogP contribution in [0.5, 0.6) is 0 Å². The van der Waals surface area contributed by atoms with E-state index in [1.165, 1.54) is 64.3 Å². The van der Waals surface area contributed by atoms with E-state index >= 15 is 0 Å². The topological polar surface area (TPSA) is 16.4 Å². The minimum Gasteiger partial charge on any atom is -0.456 e. The summed E-state index contributed by atoms with van der Waals surface area (Å²) in [4.78, 5) is 2.40. The Morgan fingerprint density at radius 1 is 0.311 bits per heavy atom. The summed E-state index contributed by atoms with van der Waals surface area (Å²) in [5, 5.41) is 7.38. The molecule has 0 atom stereocenters. The zero-order chi connectivity index (χ0) is 40.3. The minimum absolute atomic E-state index is 0.899. The molecule has 286 valence electrons. The van der Waals surface area contributed by atoms with Crippen molar-refractivity contribution in [2.45, 2.75) is 0 Å². The van der Waals surface area contributed by atoms with Crippen molar-refractivity contribution in [3.63, 3.8) is 0 Å². The van der Waals surface area contributed by atoms with E-state index in [4.69, 9.17) is 4.42 Å². The van der Waals surface area contributed by atoms with E-state index in [0.29, 0.717) is 0 Å². The maximum Gasteiger partial charge on any atom is 0.136 e. The fraction of sp³-hybridized carbons (Fsp3) is 0. The van der Waals surface area contributed by atoms with Crippen molar-refractivity contribution >= 4 is 81.3 Å². The molecule has 0 radical (unpaired) electrons. The second-order valence-electron chi connectivity index (χ2n) is 15.7. The van der Waals surface area contributed by atoms with Crippen molar-refractivity contribution in [2.75, 3.05) is 4.90 Å². The molecule has 10 aromatic carbocycles. The van der Waals surface area contributed by atoms with Gasteiger partial charge in [-0.3, -0.25) is 0 Å². The second kappa shape index (κ2) is 14.5. The van der Waals surface area contributed by atoms with E-state index < -0.39 is 0 Å². The van der Waals surface area contributed by atoms with Crippen molar-refractivity contribution in [3.8, 4) is 44.5 Å². The van der Waals surface area contributed by atoms with Gasteiger partial charge in [0.1, 0.15) is 11.2 Å². The van der Waals surface area contributed by atoms with Gasteiger partial charge in [-0.15, -0.1) is 11.3 Å². The third kappa shape index (κ3) is 6.18. The predicted octanol–water partition coefficient (Wildman–Crippen LogP) is 17.2. The van der Waals surface area contributed by atoms with Gasteiger partial charge in [0, 0.05) is 47.9 Å². The third-order valence-electron chi connectivity index (χ3n) is 12.1. The molecule has 0 saturated carbocycles. The Kier molecular flexibility index (Phi) is 8.39. The summed E-state index contributed by atoms with van der Waals surface area (Å²) in [6.45, 7) is 0. The molecule has 0 N–H and O–H groups in total. The average molecular weight is 796 g/mol. The SMILES string of the molecule is c1cc(-c2ccc(N(c3ccc(-c4ccc5c(c4)oc4ccccc45)cc3)c3ccccc3-c3ccc4sc5ccccc5c4c3)cc2)cc(-c2cccc3ccccc23)c1. The van der Waals surface area contributed by atoms with Crippen LogP contribution in [0.25, 0.3) is 97.4 Å². The van der Waals surface area contributed by atoms with Crippen molar-refractivity contribution in [1.82, 2.24) is 0 Å². The van der Waals surface area contributed by atoms with Crippen LogP contribution in [0.2, 0.25) is 0 Å². The number of rotatable bonds is 7. The van der Waals surface area contributed by atoms with Crippen molar-refractivity contribution in [1.29, 1.82) is 0 Å². The van der Waals surface area contributed by atoms with Crippen LogP contribution in [0.4, 0.5) is 17.1 Å². The quantitative estimate of drug-likeness (QED) is 0.160. The Hall–Kier alpha value is -7.72. The Bertz CT molecular complexity index is 3590. The normalized spacial score (nSPS) is 11.6. The first-order chi connectivity index (χ1) is 30.2. The molecule has 0 amide bonds. The van der Waals surface area contributed by atoms with Crippen molar-refractivity contribution < 1.29 is 4.42 Å². The molecular formula is C58H37NOS. The molecule has 0 saturated heterocycles. The van der Waals surface area contributed by atoms with Crippen LogP contribution < -0.4 is 4.90 Å². The van der Waals surface area contributed by atoms with E-state index in [1.54, 1.807) is 0 Å². The van der Waals surface area contributed by atoms with Gasteiger partial charge >= 0.3 is 0 Å². The number of fused-ring (bicyclic) bond motifs is 7. The summed E-state index contributed by atoms with van der Waals surface area (Å²) >= 11 is 1.85. The van der Waals surface area contributed by atoms with Gasteiger partial charge in [0.15, 0.2) is 0 Å². The largest absolute Gasteiger partial charge is 0.456 e. The molecule has 2 nitrogen and oxygen atoms in total. The van der Waals surface area contributed by atoms with Crippen LogP contribution in [0.3, 0.4) is 0 Å². The van der Waals surface area contributed by atoms with Crippen LogP contribution in [0.15, 0.2) is 229 Å². The number of hydrogen-bond acceptors (Lipinski definition) is 3. The Balaban J connectivity index is 0.959. The zero-order valence-electron chi connectivity index (χ0n) is 33.1. The summed E-state index contributed by atoms with van der Waals surface area (Å²) < 4.78 is 8.89. The van der Waals surface area contributed by atoms with Crippen LogP contribution >= 0.6 is 11.3 Å². The number of hydrogen-bond donors (Lipinski definition) is 0.